The maximum atomic E-state index is 6.22. The number of anilines is 1. The lowest BCUT2D eigenvalue weighted by molar-refractivity contribution is 0.255. The Morgan fingerprint density at radius 2 is 2.18 bits per heavy atom. The molecule has 2 nitrogen and oxygen atoms in total. The molecule has 1 aromatic rings. The van der Waals surface area contributed by atoms with Gasteiger partial charge >= 0.3 is 0 Å². The molecular formula is C14H21ClN2. The smallest absolute Gasteiger partial charge is 0.0471 e. The van der Waals surface area contributed by atoms with E-state index < -0.39 is 0 Å². The van der Waals surface area contributed by atoms with Gasteiger partial charge in [-0.3, -0.25) is 4.90 Å². The molecule has 1 aliphatic carbocycles. The molecule has 1 aromatic carbocycles. The van der Waals surface area contributed by atoms with Crippen molar-refractivity contribution in [1.82, 2.24) is 4.90 Å². The molecule has 0 bridgehead atoms. The number of hydrogen-bond donors (Lipinski definition) is 1. The monoisotopic (exact) mass is 252 g/mol. The maximum absolute atomic E-state index is 6.22. The molecule has 3 heteroatoms. The Balaban J connectivity index is 2.04. The first-order chi connectivity index (χ1) is 8.20. The molecule has 0 atom stereocenters. The first kappa shape index (κ1) is 12.7. The molecule has 1 aliphatic rings. The minimum atomic E-state index is 0.793. The van der Waals surface area contributed by atoms with Gasteiger partial charge in [-0.1, -0.05) is 24.6 Å². The molecule has 2 N–H and O–H groups in total. The Labute approximate surface area is 109 Å². The highest BCUT2D eigenvalue weighted by molar-refractivity contribution is 6.31. The van der Waals surface area contributed by atoms with E-state index >= 15 is 0 Å². The summed E-state index contributed by atoms with van der Waals surface area (Å²) in [6, 6.07) is 5.77. The third-order valence-corrected chi connectivity index (χ3v) is 3.64. The number of nitrogens with two attached hydrogens (primary N) is 1. The number of nitrogens with zero attached hydrogens (tertiary/aromatic N) is 1. The lowest BCUT2D eigenvalue weighted by Crippen LogP contribution is -2.27. The van der Waals surface area contributed by atoms with Gasteiger partial charge < -0.3 is 5.73 Å². The summed E-state index contributed by atoms with van der Waals surface area (Å²) in [6.45, 7) is 5.42. The molecule has 0 radical (unpaired) electrons. The van der Waals surface area contributed by atoms with Gasteiger partial charge in [0.25, 0.3) is 0 Å². The first-order valence-electron chi connectivity index (χ1n) is 6.46. The molecule has 0 spiro atoms. The van der Waals surface area contributed by atoms with Crippen molar-refractivity contribution in [2.24, 2.45) is 5.92 Å². The van der Waals surface area contributed by atoms with Crippen molar-refractivity contribution in [1.29, 1.82) is 0 Å². The molecule has 0 heterocycles. The van der Waals surface area contributed by atoms with E-state index in [4.69, 9.17) is 17.3 Å². The first-order valence-corrected chi connectivity index (χ1v) is 6.83. The second kappa shape index (κ2) is 5.74. The third kappa shape index (κ3) is 3.62. The predicted molar refractivity (Wildman–Crippen MR) is 74.2 cm³/mol. The van der Waals surface area contributed by atoms with Gasteiger partial charge in [0.15, 0.2) is 0 Å². The van der Waals surface area contributed by atoms with Crippen molar-refractivity contribution in [2.75, 3.05) is 18.8 Å². The molecule has 94 valence electrons. The largest absolute Gasteiger partial charge is 0.398 e. The van der Waals surface area contributed by atoms with Crippen LogP contribution in [0.3, 0.4) is 0 Å². The van der Waals surface area contributed by atoms with Crippen LogP contribution in [0.2, 0.25) is 5.02 Å². The highest BCUT2D eigenvalue weighted by atomic mass is 35.5. The third-order valence-electron chi connectivity index (χ3n) is 3.29. The van der Waals surface area contributed by atoms with Crippen LogP contribution in [0.4, 0.5) is 5.69 Å². The van der Waals surface area contributed by atoms with E-state index in [-0.39, 0.29) is 0 Å². The highest BCUT2D eigenvalue weighted by Crippen LogP contribution is 2.31. The summed E-state index contributed by atoms with van der Waals surface area (Å²) in [5, 5.41) is 0.793. The molecule has 17 heavy (non-hydrogen) atoms. The van der Waals surface area contributed by atoms with Crippen LogP contribution in [0, 0.1) is 5.92 Å². The van der Waals surface area contributed by atoms with Crippen LogP contribution in [0.1, 0.15) is 31.7 Å². The SMILES string of the molecule is CCCN(Cc1c(N)cccc1Cl)CC1CC1. The summed E-state index contributed by atoms with van der Waals surface area (Å²) >= 11 is 6.22. The summed E-state index contributed by atoms with van der Waals surface area (Å²) in [5.74, 6) is 0.908. The van der Waals surface area contributed by atoms with E-state index in [1.165, 1.54) is 25.8 Å². The summed E-state index contributed by atoms with van der Waals surface area (Å²) in [5.41, 5.74) is 7.90. The van der Waals surface area contributed by atoms with E-state index in [1.54, 1.807) is 0 Å². The van der Waals surface area contributed by atoms with Crippen LogP contribution in [0.25, 0.3) is 0 Å². The van der Waals surface area contributed by atoms with Crippen molar-refractivity contribution >= 4 is 17.3 Å². The molecule has 0 amide bonds. The van der Waals surface area contributed by atoms with Crippen molar-refractivity contribution in [3.05, 3.63) is 28.8 Å². The lowest BCUT2D eigenvalue weighted by Gasteiger charge is -2.23. The Morgan fingerprint density at radius 1 is 1.41 bits per heavy atom. The standard InChI is InChI=1S/C14H21ClN2/c1-2-8-17(9-11-6-7-11)10-12-13(15)4-3-5-14(12)16/h3-5,11H,2,6-10,16H2,1H3. The fraction of sp³-hybridized carbons (Fsp3) is 0.571. The Hall–Kier alpha value is -0.730. The number of nitrogen functional groups attached to an aromatic ring is 1. The average molecular weight is 253 g/mol. The fourth-order valence-electron chi connectivity index (χ4n) is 2.18. The van der Waals surface area contributed by atoms with Gasteiger partial charge in [-0.05, 0) is 43.9 Å². The normalized spacial score (nSPS) is 15.5. The van der Waals surface area contributed by atoms with Crippen molar-refractivity contribution in [2.45, 2.75) is 32.7 Å². The van der Waals surface area contributed by atoms with Gasteiger partial charge in [-0.25, -0.2) is 0 Å². The topological polar surface area (TPSA) is 29.3 Å². The van der Waals surface area contributed by atoms with Gasteiger partial charge in [0.05, 0.1) is 0 Å². The maximum Gasteiger partial charge on any atom is 0.0471 e. The van der Waals surface area contributed by atoms with Gasteiger partial charge in [-0.15, -0.1) is 0 Å². The van der Waals surface area contributed by atoms with E-state index in [0.717, 1.165) is 35.3 Å². The van der Waals surface area contributed by atoms with Gasteiger partial charge in [0.2, 0.25) is 0 Å². The summed E-state index contributed by atoms with van der Waals surface area (Å²) in [6.07, 6.45) is 3.95. The van der Waals surface area contributed by atoms with Gasteiger partial charge in [0.1, 0.15) is 0 Å². The van der Waals surface area contributed by atoms with Crippen LogP contribution in [-0.2, 0) is 6.54 Å². The highest BCUT2D eigenvalue weighted by Gasteiger charge is 2.24. The second-order valence-electron chi connectivity index (χ2n) is 4.99. The summed E-state index contributed by atoms with van der Waals surface area (Å²) < 4.78 is 0. The van der Waals surface area contributed by atoms with Crippen LogP contribution in [0.5, 0.6) is 0 Å². The molecule has 0 aliphatic heterocycles. The lowest BCUT2D eigenvalue weighted by atomic mass is 10.1. The second-order valence-corrected chi connectivity index (χ2v) is 5.39. The number of rotatable bonds is 6. The average Bonchev–Trinajstić information content (AvgIpc) is 3.08. The fourth-order valence-corrected chi connectivity index (χ4v) is 2.42. The van der Waals surface area contributed by atoms with Crippen LogP contribution in [0.15, 0.2) is 18.2 Å². The zero-order chi connectivity index (χ0) is 12.3. The number of hydrogen-bond acceptors (Lipinski definition) is 2. The molecular weight excluding hydrogens is 232 g/mol. The Bertz CT molecular complexity index is 354. The molecule has 1 saturated carbocycles. The summed E-state index contributed by atoms with van der Waals surface area (Å²) in [4.78, 5) is 2.48. The number of halogens is 1. The van der Waals surface area contributed by atoms with Crippen LogP contribution >= 0.6 is 11.6 Å². The molecule has 2 rings (SSSR count). The molecule has 0 saturated heterocycles. The van der Waals surface area contributed by atoms with Crippen molar-refractivity contribution < 1.29 is 0 Å². The molecule has 1 fully saturated rings. The number of benzene rings is 1. The zero-order valence-electron chi connectivity index (χ0n) is 10.5. The van der Waals surface area contributed by atoms with Crippen LogP contribution in [-0.4, -0.2) is 18.0 Å². The Kier molecular flexibility index (Phi) is 4.30. The molecule has 0 unspecified atom stereocenters. The van der Waals surface area contributed by atoms with E-state index in [2.05, 4.69) is 11.8 Å². The van der Waals surface area contributed by atoms with E-state index in [1.807, 2.05) is 18.2 Å². The minimum absolute atomic E-state index is 0.793. The minimum Gasteiger partial charge on any atom is -0.398 e. The van der Waals surface area contributed by atoms with Gasteiger partial charge in [0, 0.05) is 29.4 Å². The summed E-state index contributed by atoms with van der Waals surface area (Å²) in [7, 11) is 0. The quantitative estimate of drug-likeness (QED) is 0.785. The van der Waals surface area contributed by atoms with Crippen LogP contribution < -0.4 is 5.73 Å². The van der Waals surface area contributed by atoms with Crippen molar-refractivity contribution in [3.63, 3.8) is 0 Å². The zero-order valence-corrected chi connectivity index (χ0v) is 11.2. The predicted octanol–water partition coefficient (Wildman–Crippen LogP) is 3.54. The Morgan fingerprint density at radius 3 is 2.76 bits per heavy atom. The van der Waals surface area contributed by atoms with E-state index in [9.17, 15) is 0 Å². The van der Waals surface area contributed by atoms with Gasteiger partial charge in [-0.2, -0.15) is 0 Å². The molecule has 0 aromatic heterocycles. The van der Waals surface area contributed by atoms with Crippen molar-refractivity contribution in [3.8, 4) is 0 Å². The van der Waals surface area contributed by atoms with E-state index in [0.29, 0.717) is 0 Å².